The molecular formula is C29H39N3O2. The first-order valence-corrected chi connectivity index (χ1v) is 13.4. The number of carbonyl (C=O) groups is 2. The quantitative estimate of drug-likeness (QED) is 0.665. The molecule has 0 bridgehead atoms. The van der Waals surface area contributed by atoms with Crippen LogP contribution in [0.2, 0.25) is 0 Å². The molecular weight excluding hydrogens is 422 g/mol. The maximum Gasteiger partial charge on any atom is 0.254 e. The SMILES string of the molecule is CC1CCN(CC2CCCN(C(=O)C3CCN(C(=O)c4cccc5ccccc45)CC3)C2)CC1. The lowest BCUT2D eigenvalue weighted by Crippen LogP contribution is -2.49. The molecule has 34 heavy (non-hydrogen) atoms. The summed E-state index contributed by atoms with van der Waals surface area (Å²) in [7, 11) is 0. The maximum absolute atomic E-state index is 13.4. The van der Waals surface area contributed by atoms with E-state index in [4.69, 9.17) is 0 Å². The van der Waals surface area contributed by atoms with Crippen LogP contribution in [0.3, 0.4) is 0 Å². The number of piperidine rings is 3. The Hall–Kier alpha value is -2.40. The second-order valence-electron chi connectivity index (χ2n) is 10.9. The van der Waals surface area contributed by atoms with Gasteiger partial charge in [0, 0.05) is 44.2 Å². The van der Waals surface area contributed by atoms with Crippen LogP contribution in [0.5, 0.6) is 0 Å². The predicted octanol–water partition coefficient (Wildman–Crippen LogP) is 4.66. The van der Waals surface area contributed by atoms with Crippen LogP contribution in [0.15, 0.2) is 42.5 Å². The summed E-state index contributed by atoms with van der Waals surface area (Å²) in [6, 6.07) is 14.0. The van der Waals surface area contributed by atoms with E-state index >= 15 is 0 Å². The van der Waals surface area contributed by atoms with Gasteiger partial charge in [0.25, 0.3) is 5.91 Å². The largest absolute Gasteiger partial charge is 0.342 e. The number of hydrogen-bond donors (Lipinski definition) is 0. The van der Waals surface area contributed by atoms with Gasteiger partial charge in [0.15, 0.2) is 0 Å². The van der Waals surface area contributed by atoms with E-state index in [-0.39, 0.29) is 11.8 Å². The molecule has 0 radical (unpaired) electrons. The van der Waals surface area contributed by atoms with Crippen LogP contribution in [0, 0.1) is 17.8 Å². The number of nitrogens with zero attached hydrogens (tertiary/aromatic N) is 3. The van der Waals surface area contributed by atoms with Crippen molar-refractivity contribution in [1.82, 2.24) is 14.7 Å². The standard InChI is InChI=1S/C29H39N3O2/c1-22-11-16-30(17-12-22)20-23-6-5-15-32(21-23)28(33)25-13-18-31(19-14-25)29(34)27-10-4-8-24-7-2-3-9-26(24)27/h2-4,7-10,22-23,25H,5-6,11-21H2,1H3. The van der Waals surface area contributed by atoms with Crippen molar-refractivity contribution < 1.29 is 9.59 Å². The van der Waals surface area contributed by atoms with Gasteiger partial charge in [-0.1, -0.05) is 43.3 Å². The zero-order valence-corrected chi connectivity index (χ0v) is 20.6. The van der Waals surface area contributed by atoms with Gasteiger partial charge in [0.2, 0.25) is 5.91 Å². The minimum Gasteiger partial charge on any atom is -0.342 e. The lowest BCUT2D eigenvalue weighted by atomic mass is 9.91. The minimum atomic E-state index is 0.0613. The molecule has 0 aromatic heterocycles. The first-order chi connectivity index (χ1) is 16.6. The first kappa shape index (κ1) is 23.3. The smallest absolute Gasteiger partial charge is 0.254 e. The Kier molecular flexibility index (Phi) is 7.19. The van der Waals surface area contributed by atoms with E-state index < -0.39 is 0 Å². The van der Waals surface area contributed by atoms with Crippen LogP contribution >= 0.6 is 0 Å². The normalized spacial score (nSPS) is 23.4. The monoisotopic (exact) mass is 461 g/mol. The average molecular weight is 462 g/mol. The number of benzene rings is 2. The molecule has 0 spiro atoms. The fourth-order valence-electron chi connectivity index (χ4n) is 6.19. The third-order valence-corrected chi connectivity index (χ3v) is 8.37. The Bertz CT molecular complexity index is 1000. The van der Waals surface area contributed by atoms with Crippen molar-refractivity contribution in [2.75, 3.05) is 45.8 Å². The van der Waals surface area contributed by atoms with Crippen molar-refractivity contribution in [3.63, 3.8) is 0 Å². The highest BCUT2D eigenvalue weighted by molar-refractivity contribution is 6.07. The molecule has 3 saturated heterocycles. The molecule has 3 heterocycles. The highest BCUT2D eigenvalue weighted by Gasteiger charge is 2.33. The topological polar surface area (TPSA) is 43.9 Å². The molecule has 1 unspecified atom stereocenters. The zero-order chi connectivity index (χ0) is 23.5. The molecule has 2 aromatic carbocycles. The summed E-state index contributed by atoms with van der Waals surface area (Å²) < 4.78 is 0. The van der Waals surface area contributed by atoms with Gasteiger partial charge in [-0.15, -0.1) is 0 Å². The molecule has 2 aromatic rings. The van der Waals surface area contributed by atoms with Crippen molar-refractivity contribution >= 4 is 22.6 Å². The molecule has 0 aliphatic carbocycles. The van der Waals surface area contributed by atoms with Crippen LogP contribution in [0.1, 0.15) is 55.8 Å². The summed E-state index contributed by atoms with van der Waals surface area (Å²) in [6.07, 6.45) is 6.55. The van der Waals surface area contributed by atoms with Crippen LogP contribution < -0.4 is 0 Å². The molecule has 5 rings (SSSR count). The molecule has 3 aliphatic rings. The van der Waals surface area contributed by atoms with E-state index in [2.05, 4.69) is 28.9 Å². The molecule has 3 fully saturated rings. The van der Waals surface area contributed by atoms with Gasteiger partial charge in [-0.05, 0) is 80.3 Å². The van der Waals surface area contributed by atoms with E-state index in [1.165, 1.54) is 32.4 Å². The Morgan fingerprint density at radius 2 is 1.56 bits per heavy atom. The number of carbonyl (C=O) groups excluding carboxylic acids is 2. The third-order valence-electron chi connectivity index (χ3n) is 8.37. The van der Waals surface area contributed by atoms with Gasteiger partial charge in [0.05, 0.1) is 0 Å². The Morgan fingerprint density at radius 1 is 0.824 bits per heavy atom. The first-order valence-electron chi connectivity index (χ1n) is 13.4. The Balaban J connectivity index is 1.14. The highest BCUT2D eigenvalue weighted by Crippen LogP contribution is 2.27. The van der Waals surface area contributed by atoms with Crippen LogP contribution in [-0.4, -0.2) is 72.3 Å². The molecule has 5 heteroatoms. The number of fused-ring (bicyclic) bond motifs is 1. The van der Waals surface area contributed by atoms with E-state index in [1.54, 1.807) is 0 Å². The van der Waals surface area contributed by atoms with E-state index in [0.29, 0.717) is 24.9 Å². The molecule has 0 N–H and O–H groups in total. The van der Waals surface area contributed by atoms with Gasteiger partial charge in [-0.3, -0.25) is 9.59 Å². The van der Waals surface area contributed by atoms with Gasteiger partial charge in [0.1, 0.15) is 0 Å². The lowest BCUT2D eigenvalue weighted by Gasteiger charge is -2.40. The van der Waals surface area contributed by atoms with Crippen molar-refractivity contribution in [2.45, 2.75) is 45.4 Å². The second kappa shape index (κ2) is 10.5. The fourth-order valence-corrected chi connectivity index (χ4v) is 6.19. The van der Waals surface area contributed by atoms with Gasteiger partial charge < -0.3 is 14.7 Å². The van der Waals surface area contributed by atoms with Crippen molar-refractivity contribution in [3.05, 3.63) is 48.0 Å². The predicted molar refractivity (Wildman–Crippen MR) is 137 cm³/mol. The van der Waals surface area contributed by atoms with Crippen LogP contribution in [0.4, 0.5) is 0 Å². The number of likely N-dealkylation sites (tertiary alicyclic amines) is 3. The van der Waals surface area contributed by atoms with Gasteiger partial charge in [-0.25, -0.2) is 0 Å². The van der Waals surface area contributed by atoms with Gasteiger partial charge >= 0.3 is 0 Å². The number of hydrogen-bond acceptors (Lipinski definition) is 3. The maximum atomic E-state index is 13.4. The second-order valence-corrected chi connectivity index (χ2v) is 10.9. The summed E-state index contributed by atoms with van der Waals surface area (Å²) in [5.41, 5.74) is 0.772. The van der Waals surface area contributed by atoms with Crippen LogP contribution in [0.25, 0.3) is 10.8 Å². The fraction of sp³-hybridized carbons (Fsp3) is 0.586. The molecule has 0 saturated carbocycles. The molecule has 1 atom stereocenters. The van der Waals surface area contributed by atoms with E-state index in [0.717, 1.165) is 61.2 Å². The summed E-state index contributed by atoms with van der Waals surface area (Å²) in [4.78, 5) is 33.3. The molecule has 182 valence electrons. The van der Waals surface area contributed by atoms with E-state index in [9.17, 15) is 9.59 Å². The Labute approximate surface area is 204 Å². The summed E-state index contributed by atoms with van der Waals surface area (Å²) in [5.74, 6) is 1.95. The Morgan fingerprint density at radius 3 is 2.35 bits per heavy atom. The van der Waals surface area contributed by atoms with Gasteiger partial charge in [-0.2, -0.15) is 0 Å². The summed E-state index contributed by atoms with van der Waals surface area (Å²) in [6.45, 7) is 9.10. The number of rotatable bonds is 4. The molecule has 3 aliphatic heterocycles. The minimum absolute atomic E-state index is 0.0613. The third kappa shape index (κ3) is 5.14. The zero-order valence-electron chi connectivity index (χ0n) is 20.6. The summed E-state index contributed by atoms with van der Waals surface area (Å²) in [5, 5.41) is 2.10. The van der Waals surface area contributed by atoms with Crippen LogP contribution in [-0.2, 0) is 4.79 Å². The lowest BCUT2D eigenvalue weighted by molar-refractivity contribution is -0.139. The molecule has 2 amide bonds. The summed E-state index contributed by atoms with van der Waals surface area (Å²) >= 11 is 0. The van der Waals surface area contributed by atoms with Crippen molar-refractivity contribution in [3.8, 4) is 0 Å². The molecule has 5 nitrogen and oxygen atoms in total. The van der Waals surface area contributed by atoms with E-state index in [1.807, 2.05) is 35.2 Å². The highest BCUT2D eigenvalue weighted by atomic mass is 16.2. The average Bonchev–Trinajstić information content (AvgIpc) is 2.89. The van der Waals surface area contributed by atoms with Crippen molar-refractivity contribution in [1.29, 1.82) is 0 Å². The number of amides is 2. The van der Waals surface area contributed by atoms with Crippen molar-refractivity contribution in [2.24, 2.45) is 17.8 Å².